The van der Waals surface area contributed by atoms with Gasteiger partial charge in [-0.3, -0.25) is 0 Å². The average molecular weight is 461 g/mol. The van der Waals surface area contributed by atoms with Gasteiger partial charge in [0.05, 0.1) is 0 Å². The number of hydrogen-bond donors (Lipinski definition) is 0. The summed E-state index contributed by atoms with van der Waals surface area (Å²) in [5, 5.41) is 0. The number of rotatable bonds is 14. The second kappa shape index (κ2) is 11.9. The summed E-state index contributed by atoms with van der Waals surface area (Å²) in [7, 11) is -6.61. The van der Waals surface area contributed by atoms with E-state index in [2.05, 4.69) is 39.3 Å². The van der Waals surface area contributed by atoms with Crippen molar-refractivity contribution < 1.29 is 17.1 Å². The molecule has 2 aliphatic carbocycles. The van der Waals surface area contributed by atoms with Crippen LogP contribution in [0.4, 0.5) is 0 Å². The van der Waals surface area contributed by atoms with Crippen molar-refractivity contribution in [2.45, 2.75) is 116 Å². The molecule has 2 saturated carbocycles. The van der Waals surface area contributed by atoms with Crippen molar-refractivity contribution >= 4 is 25.7 Å². The molecule has 0 aliphatic heterocycles. The Kier molecular flexibility index (Phi) is 10.6. The maximum atomic E-state index is 6.51. The lowest BCUT2D eigenvalue weighted by atomic mass is 10.0. The van der Waals surface area contributed by atoms with Gasteiger partial charge in [0.2, 0.25) is 0 Å². The molecule has 0 aromatic heterocycles. The van der Waals surface area contributed by atoms with Gasteiger partial charge in [0, 0.05) is 13.2 Å². The van der Waals surface area contributed by atoms with Gasteiger partial charge in [-0.05, 0) is 76.8 Å². The van der Waals surface area contributed by atoms with Gasteiger partial charge in [-0.15, -0.1) is 0 Å². The van der Waals surface area contributed by atoms with E-state index in [1.54, 1.807) is 0 Å². The van der Waals surface area contributed by atoms with E-state index in [4.69, 9.17) is 17.1 Å². The molecule has 0 saturated heterocycles. The van der Waals surface area contributed by atoms with Crippen LogP contribution in [0.1, 0.15) is 77.0 Å². The zero-order chi connectivity index (χ0) is 21.4. The Labute approximate surface area is 184 Å². The summed E-state index contributed by atoms with van der Waals surface area (Å²) in [6.07, 6.45) is 16.3. The van der Waals surface area contributed by atoms with Crippen LogP contribution in [0.15, 0.2) is 0 Å². The Balaban J connectivity index is 1.63. The van der Waals surface area contributed by atoms with Crippen molar-refractivity contribution in [1.29, 1.82) is 0 Å². The topological polar surface area (TPSA) is 36.9 Å². The van der Waals surface area contributed by atoms with Gasteiger partial charge in [-0.1, -0.05) is 51.4 Å². The second-order valence-corrected chi connectivity index (χ2v) is 21.3. The minimum atomic E-state index is -2.27. The van der Waals surface area contributed by atoms with Crippen LogP contribution in [0.5, 0.6) is 0 Å². The maximum absolute atomic E-state index is 6.51. The molecular weight excluding hydrogens is 412 g/mol. The highest BCUT2D eigenvalue weighted by Crippen LogP contribution is 2.30. The van der Waals surface area contributed by atoms with E-state index >= 15 is 0 Å². The Morgan fingerprint density at radius 3 is 1.24 bits per heavy atom. The summed E-state index contributed by atoms with van der Waals surface area (Å²) in [5.74, 6) is 1.88. The van der Waals surface area contributed by atoms with E-state index in [-0.39, 0.29) is 0 Å². The Bertz CT molecular complexity index is 419. The smallest absolute Gasteiger partial charge is 0.322 e. The van der Waals surface area contributed by atoms with Crippen molar-refractivity contribution in [2.24, 2.45) is 11.8 Å². The molecule has 0 N–H and O–H groups in total. The molecule has 2 aliphatic rings. The van der Waals surface area contributed by atoms with E-state index in [0.717, 1.165) is 37.9 Å². The second-order valence-electron chi connectivity index (χ2n) is 10.7. The summed E-state index contributed by atoms with van der Waals surface area (Å²) < 4.78 is 25.5. The molecule has 7 heteroatoms. The van der Waals surface area contributed by atoms with Gasteiger partial charge in [0.1, 0.15) is 0 Å². The zero-order valence-corrected chi connectivity index (χ0v) is 23.2. The Morgan fingerprint density at radius 2 is 0.897 bits per heavy atom. The largest absolute Gasteiger partial charge is 0.415 e. The molecular formula is C22H48O4Si3. The molecule has 2 rings (SSSR count). The van der Waals surface area contributed by atoms with Crippen LogP contribution in [0.3, 0.4) is 0 Å². The van der Waals surface area contributed by atoms with E-state index in [0.29, 0.717) is 0 Å². The quantitative estimate of drug-likeness (QED) is 0.205. The predicted molar refractivity (Wildman–Crippen MR) is 129 cm³/mol. The van der Waals surface area contributed by atoms with Crippen LogP contribution in [-0.4, -0.2) is 38.9 Å². The van der Waals surface area contributed by atoms with Crippen molar-refractivity contribution in [3.8, 4) is 0 Å². The normalized spacial score (nSPS) is 20.1. The van der Waals surface area contributed by atoms with Crippen LogP contribution in [0.2, 0.25) is 39.3 Å². The van der Waals surface area contributed by atoms with Gasteiger partial charge in [0.15, 0.2) is 0 Å². The summed E-state index contributed by atoms with van der Waals surface area (Å²) >= 11 is 0. The minimum absolute atomic E-state index is 0.832. The first kappa shape index (κ1) is 25.7. The highest BCUT2D eigenvalue weighted by atomic mass is 28.5. The van der Waals surface area contributed by atoms with Crippen molar-refractivity contribution in [1.82, 2.24) is 0 Å². The Morgan fingerprint density at radius 1 is 0.552 bits per heavy atom. The van der Waals surface area contributed by atoms with E-state index in [9.17, 15) is 0 Å². The van der Waals surface area contributed by atoms with Crippen molar-refractivity contribution in [2.75, 3.05) is 13.2 Å². The number of hydrogen-bond acceptors (Lipinski definition) is 4. The van der Waals surface area contributed by atoms with Gasteiger partial charge < -0.3 is 17.1 Å². The fourth-order valence-electron chi connectivity index (χ4n) is 5.24. The van der Waals surface area contributed by atoms with Crippen LogP contribution in [0.25, 0.3) is 0 Å². The third-order valence-electron chi connectivity index (χ3n) is 6.35. The lowest BCUT2D eigenvalue weighted by molar-refractivity contribution is 0.196. The molecule has 4 nitrogen and oxygen atoms in total. The summed E-state index contributed by atoms with van der Waals surface area (Å²) in [6, 6.07) is 0. The van der Waals surface area contributed by atoms with Gasteiger partial charge in [0.25, 0.3) is 0 Å². The molecule has 0 heterocycles. The fourth-order valence-corrected chi connectivity index (χ4v) is 17.0. The first-order valence-corrected chi connectivity index (χ1v) is 20.7. The van der Waals surface area contributed by atoms with Crippen molar-refractivity contribution in [3.63, 3.8) is 0 Å². The van der Waals surface area contributed by atoms with Gasteiger partial charge in [-0.2, -0.15) is 0 Å². The fraction of sp³-hybridized carbons (Fsp3) is 1.00. The highest BCUT2D eigenvalue weighted by Gasteiger charge is 2.41. The third kappa shape index (κ3) is 11.1. The van der Waals surface area contributed by atoms with E-state index < -0.39 is 25.7 Å². The zero-order valence-electron chi connectivity index (χ0n) is 20.2. The predicted octanol–water partition coefficient (Wildman–Crippen LogP) is 7.10. The first-order valence-electron chi connectivity index (χ1n) is 12.3. The molecule has 29 heavy (non-hydrogen) atoms. The average Bonchev–Trinajstić information content (AvgIpc) is 3.27. The van der Waals surface area contributed by atoms with E-state index in [1.807, 2.05) is 0 Å². The van der Waals surface area contributed by atoms with Crippen LogP contribution < -0.4 is 0 Å². The molecule has 0 atom stereocenters. The molecule has 0 unspecified atom stereocenters. The lowest BCUT2D eigenvalue weighted by Gasteiger charge is -2.37. The summed E-state index contributed by atoms with van der Waals surface area (Å²) in [5.41, 5.74) is 0. The summed E-state index contributed by atoms with van der Waals surface area (Å²) in [4.78, 5) is 0. The van der Waals surface area contributed by atoms with Crippen LogP contribution >= 0.6 is 0 Å². The first-order chi connectivity index (χ1) is 13.6. The summed E-state index contributed by atoms with van der Waals surface area (Å²) in [6.45, 7) is 14.6. The molecule has 0 bridgehead atoms. The molecule has 172 valence electrons. The van der Waals surface area contributed by atoms with Crippen LogP contribution in [-0.2, 0) is 17.1 Å². The highest BCUT2D eigenvalue weighted by molar-refractivity contribution is 6.84. The third-order valence-corrected chi connectivity index (χ3v) is 16.0. The maximum Gasteiger partial charge on any atom is 0.322 e. The van der Waals surface area contributed by atoms with E-state index in [1.165, 1.54) is 64.2 Å². The molecule has 0 spiro atoms. The van der Waals surface area contributed by atoms with Crippen molar-refractivity contribution in [3.05, 3.63) is 0 Å². The van der Waals surface area contributed by atoms with Gasteiger partial charge in [-0.25, -0.2) is 0 Å². The van der Waals surface area contributed by atoms with Gasteiger partial charge >= 0.3 is 25.7 Å². The molecule has 0 amide bonds. The molecule has 0 radical (unpaired) electrons. The standard InChI is InChI=1S/C22H48O4Si3/c1-27(2,23-19-11-17-21-13-7-8-14-21)25-29(5,6)26-28(3,4)24-20-12-18-22-15-9-10-16-22/h21-22H,7-20H2,1-6H3. The van der Waals surface area contributed by atoms with Crippen LogP contribution in [0, 0.1) is 11.8 Å². The lowest BCUT2D eigenvalue weighted by Crippen LogP contribution is -2.54. The Hall–Kier alpha value is 0.491. The SMILES string of the molecule is C[Si](C)(OCCCC1CCCC1)O[Si](C)(C)O[Si](C)(C)OCCCC1CCCC1. The molecule has 0 aromatic rings. The minimum Gasteiger partial charge on any atom is -0.415 e. The molecule has 2 fully saturated rings. The molecule has 0 aromatic carbocycles. The monoisotopic (exact) mass is 460 g/mol.